The van der Waals surface area contributed by atoms with Gasteiger partial charge in [0.2, 0.25) is 0 Å². The van der Waals surface area contributed by atoms with Gasteiger partial charge in [0.15, 0.2) is 0 Å². The van der Waals surface area contributed by atoms with E-state index < -0.39 is 0 Å². The molecule has 1 aromatic heterocycles. The molecule has 2 aromatic rings. The van der Waals surface area contributed by atoms with E-state index in [0.717, 1.165) is 5.39 Å². The molecule has 4 nitrogen and oxygen atoms in total. The fourth-order valence-electron chi connectivity index (χ4n) is 1.25. The number of aromatic nitrogens is 1. The molecule has 1 aromatic carbocycles. The van der Waals surface area contributed by atoms with Gasteiger partial charge in [-0.2, -0.15) is 5.11 Å². The molecular weight excluding hydrogens is 164 g/mol. The fraction of sp³-hybridized carbons (Fsp3) is 0. The van der Waals surface area contributed by atoms with Crippen LogP contribution in [0.2, 0.25) is 0 Å². The van der Waals surface area contributed by atoms with Crippen molar-refractivity contribution >= 4 is 22.3 Å². The Kier molecular flexibility index (Phi) is 1.66. The normalized spacial score (nSPS) is 10.2. The van der Waals surface area contributed by atoms with Gasteiger partial charge >= 0.3 is 0 Å². The standard InChI is InChI=1S/C9H8N4/c10-8-7(13-11)4-3-6-2-1-5-12-9(6)8/h1-5,11H,10H2. The van der Waals surface area contributed by atoms with Crippen molar-refractivity contribution in [1.29, 1.82) is 5.53 Å². The molecule has 0 atom stereocenters. The van der Waals surface area contributed by atoms with E-state index in [-0.39, 0.29) is 0 Å². The van der Waals surface area contributed by atoms with Crippen molar-refractivity contribution in [3.05, 3.63) is 30.5 Å². The summed E-state index contributed by atoms with van der Waals surface area (Å²) in [7, 11) is 0. The van der Waals surface area contributed by atoms with Crippen LogP contribution in [0.25, 0.3) is 10.9 Å². The third kappa shape index (κ3) is 1.12. The molecule has 4 heteroatoms. The van der Waals surface area contributed by atoms with Gasteiger partial charge in [0.05, 0.1) is 11.2 Å². The molecule has 0 unspecified atom stereocenters. The third-order valence-corrected chi connectivity index (χ3v) is 1.91. The average Bonchev–Trinajstić information content (AvgIpc) is 2.19. The number of pyridine rings is 1. The van der Waals surface area contributed by atoms with E-state index in [4.69, 9.17) is 11.3 Å². The molecule has 0 radical (unpaired) electrons. The van der Waals surface area contributed by atoms with Crippen molar-refractivity contribution in [2.75, 3.05) is 5.73 Å². The van der Waals surface area contributed by atoms with Crippen molar-refractivity contribution in [3.63, 3.8) is 0 Å². The van der Waals surface area contributed by atoms with Crippen molar-refractivity contribution in [3.8, 4) is 0 Å². The molecular formula is C9H8N4. The lowest BCUT2D eigenvalue weighted by atomic mass is 10.1. The molecule has 64 valence electrons. The lowest BCUT2D eigenvalue weighted by molar-refractivity contribution is 1.15. The van der Waals surface area contributed by atoms with Gasteiger partial charge in [0, 0.05) is 11.6 Å². The van der Waals surface area contributed by atoms with Crippen LogP contribution in [0.3, 0.4) is 0 Å². The summed E-state index contributed by atoms with van der Waals surface area (Å²) in [5.41, 5.74) is 14.3. The number of hydrogen-bond donors (Lipinski definition) is 2. The second kappa shape index (κ2) is 2.82. The first-order valence-corrected chi connectivity index (χ1v) is 3.83. The predicted octanol–water partition coefficient (Wildman–Crippen LogP) is 2.48. The number of nitrogens with zero attached hydrogens (tertiary/aromatic N) is 2. The second-order valence-corrected chi connectivity index (χ2v) is 2.69. The zero-order chi connectivity index (χ0) is 9.26. The summed E-state index contributed by atoms with van der Waals surface area (Å²) in [6.07, 6.45) is 1.67. The number of nitrogen functional groups attached to an aromatic ring is 1. The van der Waals surface area contributed by atoms with Crippen LogP contribution in [0.1, 0.15) is 0 Å². The highest BCUT2D eigenvalue weighted by atomic mass is 15.0. The van der Waals surface area contributed by atoms with Gasteiger partial charge in [-0.1, -0.05) is 12.1 Å². The molecule has 0 aliphatic heterocycles. The minimum absolute atomic E-state index is 0.464. The summed E-state index contributed by atoms with van der Waals surface area (Å²) in [5, 5.41) is 4.27. The van der Waals surface area contributed by atoms with Crippen LogP contribution in [-0.4, -0.2) is 4.98 Å². The molecule has 3 N–H and O–H groups in total. The van der Waals surface area contributed by atoms with Crippen molar-refractivity contribution in [2.45, 2.75) is 0 Å². The maximum atomic E-state index is 6.88. The highest BCUT2D eigenvalue weighted by molar-refractivity contribution is 5.94. The van der Waals surface area contributed by atoms with Gasteiger partial charge in [0.1, 0.15) is 5.69 Å². The Balaban J connectivity index is 2.86. The Bertz CT molecular complexity index is 464. The Morgan fingerprint density at radius 3 is 2.92 bits per heavy atom. The number of nitrogens with two attached hydrogens (primary N) is 1. The van der Waals surface area contributed by atoms with E-state index in [1.165, 1.54) is 0 Å². The Morgan fingerprint density at radius 1 is 1.31 bits per heavy atom. The maximum absolute atomic E-state index is 6.88. The highest BCUT2D eigenvalue weighted by Gasteiger charge is 2.03. The van der Waals surface area contributed by atoms with Gasteiger partial charge in [-0.05, 0) is 12.1 Å². The van der Waals surface area contributed by atoms with E-state index in [1.54, 1.807) is 12.3 Å². The summed E-state index contributed by atoms with van der Waals surface area (Å²) in [6, 6.07) is 7.34. The van der Waals surface area contributed by atoms with Gasteiger partial charge in [-0.3, -0.25) is 4.98 Å². The van der Waals surface area contributed by atoms with E-state index in [2.05, 4.69) is 10.1 Å². The van der Waals surface area contributed by atoms with Crippen LogP contribution < -0.4 is 5.73 Å². The summed E-state index contributed by atoms with van der Waals surface area (Å²) >= 11 is 0. The molecule has 0 amide bonds. The number of rotatable bonds is 1. The van der Waals surface area contributed by atoms with Gasteiger partial charge in [-0.25, -0.2) is 5.53 Å². The zero-order valence-electron chi connectivity index (χ0n) is 6.86. The minimum atomic E-state index is 0.464. The van der Waals surface area contributed by atoms with Crippen molar-refractivity contribution < 1.29 is 0 Å². The quantitative estimate of drug-likeness (QED) is 0.512. The first-order chi connectivity index (χ1) is 6.33. The number of anilines is 1. The molecule has 0 aliphatic rings. The van der Waals surface area contributed by atoms with E-state index in [0.29, 0.717) is 16.9 Å². The highest BCUT2D eigenvalue weighted by Crippen LogP contribution is 2.28. The lowest BCUT2D eigenvalue weighted by Gasteiger charge is -2.01. The summed E-state index contributed by atoms with van der Waals surface area (Å²) in [6.45, 7) is 0. The van der Waals surface area contributed by atoms with Crippen molar-refractivity contribution in [1.82, 2.24) is 4.98 Å². The van der Waals surface area contributed by atoms with Gasteiger partial charge in [-0.15, -0.1) is 0 Å². The Labute approximate surface area is 74.9 Å². The molecule has 0 bridgehead atoms. The molecule has 0 fully saturated rings. The Hall–Kier alpha value is -1.97. The van der Waals surface area contributed by atoms with E-state index in [1.807, 2.05) is 18.2 Å². The minimum Gasteiger partial charge on any atom is -0.395 e. The third-order valence-electron chi connectivity index (χ3n) is 1.91. The van der Waals surface area contributed by atoms with Gasteiger partial charge < -0.3 is 5.73 Å². The molecule has 0 saturated heterocycles. The van der Waals surface area contributed by atoms with Crippen LogP contribution in [0.4, 0.5) is 11.4 Å². The SMILES string of the molecule is N=Nc1ccc2cccnc2c1N. The molecule has 13 heavy (non-hydrogen) atoms. The van der Waals surface area contributed by atoms with Crippen LogP contribution in [-0.2, 0) is 0 Å². The molecule has 2 rings (SSSR count). The predicted molar refractivity (Wildman–Crippen MR) is 51.0 cm³/mol. The maximum Gasteiger partial charge on any atom is 0.110 e. The van der Waals surface area contributed by atoms with E-state index in [9.17, 15) is 0 Å². The summed E-state index contributed by atoms with van der Waals surface area (Å²) in [4.78, 5) is 4.12. The first-order valence-electron chi connectivity index (χ1n) is 3.83. The fourth-order valence-corrected chi connectivity index (χ4v) is 1.25. The van der Waals surface area contributed by atoms with Gasteiger partial charge in [0.25, 0.3) is 0 Å². The van der Waals surface area contributed by atoms with Crippen LogP contribution in [0.15, 0.2) is 35.6 Å². The largest absolute Gasteiger partial charge is 0.395 e. The number of benzene rings is 1. The lowest BCUT2D eigenvalue weighted by Crippen LogP contribution is -1.89. The smallest absolute Gasteiger partial charge is 0.110 e. The molecule has 0 saturated carbocycles. The molecule has 0 spiro atoms. The average molecular weight is 172 g/mol. The zero-order valence-corrected chi connectivity index (χ0v) is 6.86. The summed E-state index contributed by atoms with van der Waals surface area (Å²) in [5.74, 6) is 0. The first kappa shape index (κ1) is 7.67. The van der Waals surface area contributed by atoms with Crippen LogP contribution >= 0.6 is 0 Å². The Morgan fingerprint density at radius 2 is 2.15 bits per heavy atom. The second-order valence-electron chi connectivity index (χ2n) is 2.69. The topological polar surface area (TPSA) is 75.1 Å². The van der Waals surface area contributed by atoms with E-state index >= 15 is 0 Å². The monoisotopic (exact) mass is 172 g/mol. The van der Waals surface area contributed by atoms with Crippen LogP contribution in [0, 0.1) is 5.53 Å². The number of hydrogen-bond acceptors (Lipinski definition) is 4. The number of fused-ring (bicyclic) bond motifs is 1. The molecule has 0 aliphatic carbocycles. The molecule has 1 heterocycles. The summed E-state index contributed by atoms with van der Waals surface area (Å²) < 4.78 is 0. The number of nitrogens with one attached hydrogen (secondary N) is 1. The van der Waals surface area contributed by atoms with Crippen LogP contribution in [0.5, 0.6) is 0 Å². The van der Waals surface area contributed by atoms with Crippen molar-refractivity contribution in [2.24, 2.45) is 5.11 Å².